The summed E-state index contributed by atoms with van der Waals surface area (Å²) in [6.07, 6.45) is 6.51. The van der Waals surface area contributed by atoms with Crippen LogP contribution in [-0.2, 0) is 0 Å². The van der Waals surface area contributed by atoms with Gasteiger partial charge in [-0.3, -0.25) is 4.40 Å². The number of anilines is 2. The fourth-order valence-electron chi connectivity index (χ4n) is 4.46. The molecule has 4 rings (SSSR count). The summed E-state index contributed by atoms with van der Waals surface area (Å²) in [7, 11) is 0. The molecule has 0 aliphatic heterocycles. The molecule has 26 heavy (non-hydrogen) atoms. The molecule has 1 fully saturated rings. The van der Waals surface area contributed by atoms with Crippen LogP contribution >= 0.6 is 0 Å². The van der Waals surface area contributed by atoms with Crippen molar-refractivity contribution >= 4 is 17.2 Å². The third kappa shape index (κ3) is 3.00. The van der Waals surface area contributed by atoms with Gasteiger partial charge in [0.25, 0.3) is 0 Å². The molecule has 0 amide bonds. The number of para-hydroxylation sites is 1. The standard InChI is InChI=1S/C23H29N3/c1-15-13-18(4)26-20(14-15)24-22(19-11-6-5-7-12-19)23(26)25-21-16(2)9-8-10-17(21)3/h8-10,13-14,19,25H,5-7,11-12H2,1-4H3. The van der Waals surface area contributed by atoms with Crippen molar-refractivity contribution in [2.45, 2.75) is 65.7 Å². The lowest BCUT2D eigenvalue weighted by atomic mass is 9.87. The first-order chi connectivity index (χ1) is 12.5. The van der Waals surface area contributed by atoms with E-state index in [-0.39, 0.29) is 0 Å². The second-order valence-corrected chi connectivity index (χ2v) is 7.94. The average Bonchev–Trinajstić information content (AvgIpc) is 2.97. The lowest BCUT2D eigenvalue weighted by Crippen LogP contribution is -2.09. The molecule has 1 N–H and O–H groups in total. The van der Waals surface area contributed by atoms with Crippen LogP contribution in [0.5, 0.6) is 0 Å². The summed E-state index contributed by atoms with van der Waals surface area (Å²) in [5, 5.41) is 3.79. The lowest BCUT2D eigenvalue weighted by Gasteiger charge is -2.22. The van der Waals surface area contributed by atoms with E-state index in [0.717, 1.165) is 5.65 Å². The third-order valence-corrected chi connectivity index (χ3v) is 5.79. The average molecular weight is 348 g/mol. The van der Waals surface area contributed by atoms with Crippen LogP contribution in [0.4, 0.5) is 11.5 Å². The van der Waals surface area contributed by atoms with Gasteiger partial charge in [0.2, 0.25) is 0 Å². The number of aromatic nitrogens is 2. The van der Waals surface area contributed by atoms with Crippen molar-refractivity contribution in [2.75, 3.05) is 5.32 Å². The zero-order chi connectivity index (χ0) is 18.3. The van der Waals surface area contributed by atoms with Gasteiger partial charge in [0.05, 0.1) is 5.69 Å². The van der Waals surface area contributed by atoms with Gasteiger partial charge in [-0.1, -0.05) is 37.5 Å². The highest BCUT2D eigenvalue weighted by molar-refractivity contribution is 5.70. The van der Waals surface area contributed by atoms with E-state index in [9.17, 15) is 0 Å². The van der Waals surface area contributed by atoms with Crippen molar-refractivity contribution in [3.8, 4) is 0 Å². The van der Waals surface area contributed by atoms with Gasteiger partial charge in [-0.2, -0.15) is 0 Å². The maximum atomic E-state index is 5.11. The van der Waals surface area contributed by atoms with Crippen molar-refractivity contribution in [2.24, 2.45) is 0 Å². The highest BCUT2D eigenvalue weighted by Gasteiger charge is 2.24. The summed E-state index contributed by atoms with van der Waals surface area (Å²) in [6, 6.07) is 10.9. The lowest BCUT2D eigenvalue weighted by molar-refractivity contribution is 0.439. The molecule has 0 saturated heterocycles. The highest BCUT2D eigenvalue weighted by Crippen LogP contribution is 2.38. The highest BCUT2D eigenvalue weighted by atomic mass is 15.1. The van der Waals surface area contributed by atoms with E-state index in [1.165, 1.54) is 71.7 Å². The van der Waals surface area contributed by atoms with Gasteiger partial charge in [-0.05, 0) is 69.4 Å². The van der Waals surface area contributed by atoms with Crippen molar-refractivity contribution < 1.29 is 0 Å². The number of rotatable bonds is 3. The van der Waals surface area contributed by atoms with Gasteiger partial charge in [0.15, 0.2) is 0 Å². The van der Waals surface area contributed by atoms with Gasteiger partial charge in [0, 0.05) is 17.3 Å². The fourth-order valence-corrected chi connectivity index (χ4v) is 4.46. The fraction of sp³-hybridized carbons (Fsp3) is 0.435. The number of nitrogens with one attached hydrogen (secondary N) is 1. The topological polar surface area (TPSA) is 29.3 Å². The molecule has 0 radical (unpaired) electrons. The first-order valence-corrected chi connectivity index (χ1v) is 9.87. The normalized spacial score (nSPS) is 15.5. The zero-order valence-electron chi connectivity index (χ0n) is 16.4. The summed E-state index contributed by atoms with van der Waals surface area (Å²) in [5.41, 5.74) is 8.60. The minimum absolute atomic E-state index is 0.565. The molecule has 0 atom stereocenters. The van der Waals surface area contributed by atoms with Gasteiger partial charge in [-0.25, -0.2) is 4.98 Å². The number of benzene rings is 1. The van der Waals surface area contributed by atoms with Crippen LogP contribution < -0.4 is 5.32 Å². The monoisotopic (exact) mass is 347 g/mol. The summed E-state index contributed by atoms with van der Waals surface area (Å²) in [6.45, 7) is 8.69. The van der Waals surface area contributed by atoms with Crippen LogP contribution in [0.3, 0.4) is 0 Å². The van der Waals surface area contributed by atoms with E-state index in [4.69, 9.17) is 4.98 Å². The van der Waals surface area contributed by atoms with Crippen LogP contribution in [-0.4, -0.2) is 9.38 Å². The van der Waals surface area contributed by atoms with Crippen LogP contribution in [0.2, 0.25) is 0 Å². The van der Waals surface area contributed by atoms with Gasteiger partial charge < -0.3 is 5.32 Å². The summed E-state index contributed by atoms with van der Waals surface area (Å²) in [5.74, 6) is 1.73. The second-order valence-electron chi connectivity index (χ2n) is 7.94. The second kappa shape index (κ2) is 6.79. The molecule has 1 aromatic carbocycles. The Morgan fingerprint density at radius 3 is 2.35 bits per heavy atom. The number of fused-ring (bicyclic) bond motifs is 1. The molecule has 3 heteroatoms. The molecule has 2 aromatic heterocycles. The smallest absolute Gasteiger partial charge is 0.139 e. The minimum atomic E-state index is 0.565. The molecule has 0 bridgehead atoms. The Morgan fingerprint density at radius 1 is 0.962 bits per heavy atom. The summed E-state index contributed by atoms with van der Waals surface area (Å²) >= 11 is 0. The quantitative estimate of drug-likeness (QED) is 0.597. The van der Waals surface area contributed by atoms with E-state index in [0.29, 0.717) is 5.92 Å². The third-order valence-electron chi connectivity index (χ3n) is 5.79. The van der Waals surface area contributed by atoms with Gasteiger partial charge >= 0.3 is 0 Å². The van der Waals surface area contributed by atoms with Gasteiger partial charge in [0.1, 0.15) is 11.5 Å². The van der Waals surface area contributed by atoms with Crippen LogP contribution in [0.25, 0.3) is 5.65 Å². The molecule has 0 spiro atoms. The summed E-state index contributed by atoms with van der Waals surface area (Å²) in [4.78, 5) is 5.11. The van der Waals surface area contributed by atoms with E-state index in [1.54, 1.807) is 0 Å². The molecule has 3 nitrogen and oxygen atoms in total. The van der Waals surface area contributed by atoms with Crippen LogP contribution in [0.15, 0.2) is 30.3 Å². The van der Waals surface area contributed by atoms with E-state index in [1.807, 2.05) is 0 Å². The number of hydrogen-bond acceptors (Lipinski definition) is 2. The molecule has 1 saturated carbocycles. The number of aryl methyl sites for hydroxylation is 4. The Morgan fingerprint density at radius 2 is 1.65 bits per heavy atom. The Balaban J connectivity index is 1.90. The molecule has 2 heterocycles. The number of nitrogens with zero attached hydrogens (tertiary/aromatic N) is 2. The van der Waals surface area contributed by atoms with Crippen LogP contribution in [0, 0.1) is 27.7 Å². The molecule has 0 unspecified atom stereocenters. The molecule has 1 aliphatic carbocycles. The maximum Gasteiger partial charge on any atom is 0.139 e. The van der Waals surface area contributed by atoms with Crippen molar-refractivity contribution in [1.29, 1.82) is 0 Å². The van der Waals surface area contributed by atoms with E-state index >= 15 is 0 Å². The molecule has 3 aromatic rings. The SMILES string of the molecule is Cc1cc(C)n2c(Nc3c(C)cccc3C)c(C3CCCCC3)nc2c1. The molecular weight excluding hydrogens is 318 g/mol. The molecular formula is C23H29N3. The predicted molar refractivity (Wildman–Crippen MR) is 110 cm³/mol. The maximum absolute atomic E-state index is 5.11. The first-order valence-electron chi connectivity index (χ1n) is 9.87. The minimum Gasteiger partial charge on any atom is -0.339 e. The largest absolute Gasteiger partial charge is 0.339 e. The zero-order valence-corrected chi connectivity index (χ0v) is 16.4. The van der Waals surface area contributed by atoms with Crippen molar-refractivity contribution in [3.05, 3.63) is 58.4 Å². The first kappa shape index (κ1) is 17.1. The Kier molecular flexibility index (Phi) is 4.47. The van der Waals surface area contributed by atoms with Crippen molar-refractivity contribution in [3.63, 3.8) is 0 Å². The van der Waals surface area contributed by atoms with Crippen molar-refractivity contribution in [1.82, 2.24) is 9.38 Å². The number of pyridine rings is 1. The Labute approximate surface area is 156 Å². The van der Waals surface area contributed by atoms with E-state index in [2.05, 4.69) is 67.7 Å². The van der Waals surface area contributed by atoms with E-state index < -0.39 is 0 Å². The van der Waals surface area contributed by atoms with Gasteiger partial charge in [-0.15, -0.1) is 0 Å². The van der Waals surface area contributed by atoms with Crippen LogP contribution in [0.1, 0.15) is 66.1 Å². The number of imidazole rings is 1. The Hall–Kier alpha value is -2.29. The predicted octanol–water partition coefficient (Wildman–Crippen LogP) is 6.36. The number of hydrogen-bond donors (Lipinski definition) is 1. The summed E-state index contributed by atoms with van der Waals surface area (Å²) < 4.78 is 2.31. The molecule has 1 aliphatic rings. The molecule has 136 valence electrons. The Bertz CT molecular complexity index is 925.